The van der Waals surface area contributed by atoms with Crippen molar-refractivity contribution in [2.24, 2.45) is 5.92 Å². The Hall–Kier alpha value is -1.36. The number of carbonyl (C=O) groups is 2. The Labute approximate surface area is 118 Å². The van der Waals surface area contributed by atoms with Gasteiger partial charge in [0.25, 0.3) is 5.91 Å². The average Bonchev–Trinajstić information content (AvgIpc) is 2.67. The highest BCUT2D eigenvalue weighted by Crippen LogP contribution is 2.23. The molecule has 1 aromatic rings. The molecule has 106 valence electrons. The number of aryl methyl sites for hydroxylation is 2. The Kier molecular flexibility index (Phi) is 5.54. The van der Waals surface area contributed by atoms with Gasteiger partial charge in [-0.05, 0) is 30.9 Å². The molecule has 4 nitrogen and oxygen atoms in total. The Morgan fingerprint density at radius 2 is 2.05 bits per heavy atom. The SMILES string of the molecule is CCc1cc(C(=O)N(CC(=O)O)CC(C)C)sc1C. The highest BCUT2D eigenvalue weighted by molar-refractivity contribution is 7.14. The van der Waals surface area contributed by atoms with Crippen molar-refractivity contribution < 1.29 is 14.7 Å². The zero-order valence-corrected chi connectivity index (χ0v) is 12.7. The lowest BCUT2D eigenvalue weighted by Gasteiger charge is -2.22. The first kappa shape index (κ1) is 15.7. The summed E-state index contributed by atoms with van der Waals surface area (Å²) in [6.45, 7) is 8.20. The summed E-state index contributed by atoms with van der Waals surface area (Å²) in [6, 6.07) is 1.89. The van der Waals surface area contributed by atoms with Gasteiger partial charge in [0.05, 0.1) is 4.88 Å². The van der Waals surface area contributed by atoms with Crippen molar-refractivity contribution in [3.8, 4) is 0 Å². The summed E-state index contributed by atoms with van der Waals surface area (Å²) >= 11 is 1.45. The summed E-state index contributed by atoms with van der Waals surface area (Å²) in [5.74, 6) is -0.906. The van der Waals surface area contributed by atoms with Crippen molar-refractivity contribution in [1.29, 1.82) is 0 Å². The normalized spacial score (nSPS) is 10.8. The predicted octanol–water partition coefficient (Wildman–Crippen LogP) is 2.80. The molecule has 0 aliphatic heterocycles. The smallest absolute Gasteiger partial charge is 0.323 e. The second-order valence-corrected chi connectivity index (χ2v) is 6.28. The number of carboxylic acid groups (broad SMARTS) is 1. The van der Waals surface area contributed by atoms with Gasteiger partial charge in [-0.1, -0.05) is 20.8 Å². The van der Waals surface area contributed by atoms with Crippen LogP contribution >= 0.6 is 11.3 Å². The highest BCUT2D eigenvalue weighted by Gasteiger charge is 2.21. The molecule has 0 aliphatic rings. The van der Waals surface area contributed by atoms with Crippen LogP contribution in [-0.4, -0.2) is 35.0 Å². The molecule has 1 amide bonds. The van der Waals surface area contributed by atoms with E-state index in [1.165, 1.54) is 16.2 Å². The van der Waals surface area contributed by atoms with Gasteiger partial charge in [-0.3, -0.25) is 9.59 Å². The van der Waals surface area contributed by atoms with Gasteiger partial charge in [0, 0.05) is 11.4 Å². The molecule has 0 atom stereocenters. The Balaban J connectivity index is 2.93. The van der Waals surface area contributed by atoms with Crippen LogP contribution in [0.3, 0.4) is 0 Å². The fourth-order valence-electron chi connectivity index (χ4n) is 1.96. The van der Waals surface area contributed by atoms with Crippen LogP contribution < -0.4 is 0 Å². The maximum absolute atomic E-state index is 12.4. The number of carbonyl (C=O) groups excluding carboxylic acids is 1. The number of amides is 1. The largest absolute Gasteiger partial charge is 0.480 e. The van der Waals surface area contributed by atoms with Gasteiger partial charge >= 0.3 is 5.97 Å². The Bertz CT molecular complexity index is 465. The number of carboxylic acids is 1. The summed E-state index contributed by atoms with van der Waals surface area (Å²) < 4.78 is 0. The van der Waals surface area contributed by atoms with E-state index in [-0.39, 0.29) is 18.4 Å². The number of hydrogen-bond acceptors (Lipinski definition) is 3. The van der Waals surface area contributed by atoms with Crippen LogP contribution in [0.4, 0.5) is 0 Å². The van der Waals surface area contributed by atoms with Crippen LogP contribution in [0.1, 0.15) is 40.9 Å². The lowest BCUT2D eigenvalue weighted by Crippen LogP contribution is -2.37. The summed E-state index contributed by atoms with van der Waals surface area (Å²) in [5.41, 5.74) is 1.16. The first-order chi connectivity index (χ1) is 8.85. The standard InChI is InChI=1S/C14H21NO3S/c1-5-11-6-12(19-10(11)4)14(18)15(7-9(2)3)8-13(16)17/h6,9H,5,7-8H2,1-4H3,(H,16,17). The quantitative estimate of drug-likeness (QED) is 0.873. The predicted molar refractivity (Wildman–Crippen MR) is 76.8 cm³/mol. The van der Waals surface area contributed by atoms with Crippen molar-refractivity contribution in [3.63, 3.8) is 0 Å². The number of nitrogens with zero attached hydrogens (tertiary/aromatic N) is 1. The summed E-state index contributed by atoms with van der Waals surface area (Å²) in [5, 5.41) is 8.91. The van der Waals surface area contributed by atoms with Crippen LogP contribution in [0.2, 0.25) is 0 Å². The van der Waals surface area contributed by atoms with Gasteiger partial charge in [-0.2, -0.15) is 0 Å². The molecule has 0 spiro atoms. The number of thiophene rings is 1. The van der Waals surface area contributed by atoms with E-state index in [4.69, 9.17) is 5.11 Å². The Morgan fingerprint density at radius 1 is 1.42 bits per heavy atom. The molecule has 0 aromatic carbocycles. The third kappa shape index (κ3) is 4.35. The molecule has 0 aliphatic carbocycles. The average molecular weight is 283 g/mol. The van der Waals surface area contributed by atoms with Gasteiger partial charge in [-0.25, -0.2) is 0 Å². The van der Waals surface area contributed by atoms with Crippen LogP contribution in [-0.2, 0) is 11.2 Å². The van der Waals surface area contributed by atoms with E-state index < -0.39 is 5.97 Å². The molecular formula is C14H21NO3S. The third-order valence-corrected chi connectivity index (χ3v) is 3.89. The van der Waals surface area contributed by atoms with E-state index in [2.05, 4.69) is 0 Å². The van der Waals surface area contributed by atoms with Crippen molar-refractivity contribution in [3.05, 3.63) is 21.4 Å². The van der Waals surface area contributed by atoms with Crippen LogP contribution in [0, 0.1) is 12.8 Å². The van der Waals surface area contributed by atoms with Gasteiger partial charge < -0.3 is 10.0 Å². The van der Waals surface area contributed by atoms with Crippen LogP contribution in [0.15, 0.2) is 6.07 Å². The van der Waals surface area contributed by atoms with E-state index in [1.807, 2.05) is 33.8 Å². The van der Waals surface area contributed by atoms with Crippen LogP contribution in [0.5, 0.6) is 0 Å². The van der Waals surface area contributed by atoms with E-state index >= 15 is 0 Å². The molecule has 1 rings (SSSR count). The summed E-state index contributed by atoms with van der Waals surface area (Å²) in [4.78, 5) is 26.4. The molecule has 1 heterocycles. The molecular weight excluding hydrogens is 262 g/mol. The van der Waals surface area contributed by atoms with Crippen molar-refractivity contribution in [2.45, 2.75) is 34.1 Å². The van der Waals surface area contributed by atoms with Gasteiger partial charge in [0.2, 0.25) is 0 Å². The fourth-order valence-corrected chi connectivity index (χ4v) is 3.04. The minimum Gasteiger partial charge on any atom is -0.480 e. The second kappa shape index (κ2) is 6.70. The van der Waals surface area contributed by atoms with Gasteiger partial charge in [0.15, 0.2) is 0 Å². The Morgan fingerprint density at radius 3 is 2.47 bits per heavy atom. The van der Waals surface area contributed by atoms with E-state index in [0.717, 1.165) is 16.9 Å². The molecule has 0 unspecified atom stereocenters. The summed E-state index contributed by atoms with van der Waals surface area (Å²) in [7, 11) is 0. The maximum Gasteiger partial charge on any atom is 0.323 e. The van der Waals surface area contributed by atoms with Crippen molar-refractivity contribution in [2.75, 3.05) is 13.1 Å². The minimum absolute atomic E-state index is 0.177. The monoisotopic (exact) mass is 283 g/mol. The highest BCUT2D eigenvalue weighted by atomic mass is 32.1. The lowest BCUT2D eigenvalue weighted by molar-refractivity contribution is -0.137. The van der Waals surface area contributed by atoms with E-state index in [9.17, 15) is 9.59 Å². The molecule has 1 aromatic heterocycles. The van der Waals surface area contributed by atoms with Crippen LogP contribution in [0.25, 0.3) is 0 Å². The maximum atomic E-state index is 12.4. The van der Waals surface area contributed by atoms with Gasteiger partial charge in [0.1, 0.15) is 6.54 Å². The molecule has 0 saturated heterocycles. The van der Waals surface area contributed by atoms with E-state index in [0.29, 0.717) is 11.4 Å². The molecule has 1 N–H and O–H groups in total. The molecule has 5 heteroatoms. The topological polar surface area (TPSA) is 57.6 Å². The zero-order chi connectivity index (χ0) is 14.6. The van der Waals surface area contributed by atoms with Gasteiger partial charge in [-0.15, -0.1) is 11.3 Å². The molecule has 0 saturated carbocycles. The number of rotatable bonds is 6. The minimum atomic E-state index is -0.974. The van der Waals surface area contributed by atoms with E-state index in [1.54, 1.807) is 0 Å². The summed E-state index contributed by atoms with van der Waals surface area (Å²) in [6.07, 6.45) is 0.888. The third-order valence-electron chi connectivity index (χ3n) is 2.81. The molecule has 0 radical (unpaired) electrons. The first-order valence-corrected chi connectivity index (χ1v) is 7.27. The molecule has 19 heavy (non-hydrogen) atoms. The first-order valence-electron chi connectivity index (χ1n) is 6.45. The second-order valence-electron chi connectivity index (χ2n) is 5.02. The molecule has 0 fully saturated rings. The lowest BCUT2D eigenvalue weighted by atomic mass is 10.2. The van der Waals surface area contributed by atoms with Crippen molar-refractivity contribution in [1.82, 2.24) is 4.90 Å². The zero-order valence-electron chi connectivity index (χ0n) is 11.9. The number of aliphatic carboxylic acids is 1. The molecule has 0 bridgehead atoms. The fraction of sp³-hybridized carbons (Fsp3) is 0.571. The van der Waals surface area contributed by atoms with Crippen molar-refractivity contribution >= 4 is 23.2 Å². The number of hydrogen-bond donors (Lipinski definition) is 1.